The Labute approximate surface area is 141 Å². The Morgan fingerprint density at radius 3 is 2.71 bits per heavy atom. The summed E-state index contributed by atoms with van der Waals surface area (Å²) in [5, 5.41) is 4.18. The van der Waals surface area contributed by atoms with Crippen molar-refractivity contribution in [3.05, 3.63) is 64.8 Å². The molecule has 0 atom stereocenters. The molecule has 8 heteroatoms. The quantitative estimate of drug-likeness (QED) is 0.574. The molecule has 3 aromatic rings. The Bertz CT molecular complexity index is 881. The number of nitrogens with zero attached hydrogens (tertiary/aromatic N) is 2. The maximum absolute atomic E-state index is 12.9. The molecule has 0 radical (unpaired) electrons. The molecule has 0 amide bonds. The van der Waals surface area contributed by atoms with Gasteiger partial charge in [-0.3, -0.25) is 0 Å². The van der Waals surface area contributed by atoms with Crippen LogP contribution in [0.25, 0.3) is 11.4 Å². The van der Waals surface area contributed by atoms with Gasteiger partial charge in [0, 0.05) is 16.3 Å². The topological polar surface area (TPSA) is 91.2 Å². The van der Waals surface area contributed by atoms with E-state index in [0.717, 1.165) is 0 Å². The first-order valence-electron chi connectivity index (χ1n) is 6.83. The fourth-order valence-corrected chi connectivity index (χ4v) is 2.13. The Morgan fingerprint density at radius 2 is 2.00 bits per heavy atom. The van der Waals surface area contributed by atoms with Crippen molar-refractivity contribution in [3.8, 4) is 11.4 Å². The molecule has 0 unspecified atom stereocenters. The van der Waals surface area contributed by atoms with Gasteiger partial charge < -0.3 is 15.0 Å². The van der Waals surface area contributed by atoms with E-state index in [1.54, 1.807) is 0 Å². The minimum atomic E-state index is -0.634. The lowest BCUT2D eigenvalue weighted by atomic mass is 10.2. The van der Waals surface area contributed by atoms with Gasteiger partial charge in [-0.15, -0.1) is 0 Å². The number of esters is 1. The molecule has 0 saturated carbocycles. The van der Waals surface area contributed by atoms with Gasteiger partial charge in [-0.1, -0.05) is 16.8 Å². The molecule has 0 fully saturated rings. The van der Waals surface area contributed by atoms with Crippen molar-refractivity contribution in [2.75, 3.05) is 5.73 Å². The van der Waals surface area contributed by atoms with Crippen molar-refractivity contribution in [1.29, 1.82) is 0 Å². The van der Waals surface area contributed by atoms with Crippen molar-refractivity contribution in [2.24, 2.45) is 0 Å². The van der Waals surface area contributed by atoms with Crippen molar-refractivity contribution in [1.82, 2.24) is 10.1 Å². The van der Waals surface area contributed by atoms with Gasteiger partial charge in [0.15, 0.2) is 6.61 Å². The Kier molecular flexibility index (Phi) is 4.43. The third-order valence-corrected chi connectivity index (χ3v) is 3.37. The second-order valence-electron chi connectivity index (χ2n) is 4.83. The van der Waals surface area contributed by atoms with Crippen LogP contribution in [0.3, 0.4) is 0 Å². The average molecular weight is 348 g/mol. The summed E-state index contributed by atoms with van der Waals surface area (Å²) in [5.74, 6) is -0.620. The predicted molar refractivity (Wildman–Crippen MR) is 84.7 cm³/mol. The molecule has 0 saturated heterocycles. The number of anilines is 1. The van der Waals surface area contributed by atoms with Crippen molar-refractivity contribution in [2.45, 2.75) is 6.61 Å². The Balaban J connectivity index is 1.67. The molecule has 1 aromatic heterocycles. The SMILES string of the molecule is Nc1cc(Cl)ccc1C(=O)OCc1nc(-c2ccc(F)cc2)no1. The highest BCUT2D eigenvalue weighted by atomic mass is 35.5. The summed E-state index contributed by atoms with van der Waals surface area (Å²) < 4.78 is 23.0. The van der Waals surface area contributed by atoms with E-state index in [-0.39, 0.29) is 35.4 Å². The maximum atomic E-state index is 12.9. The summed E-state index contributed by atoms with van der Waals surface area (Å²) in [6, 6.07) is 10.1. The first kappa shape index (κ1) is 15.9. The van der Waals surface area contributed by atoms with Gasteiger partial charge in [0.2, 0.25) is 5.82 Å². The summed E-state index contributed by atoms with van der Waals surface area (Å²) in [6.45, 7) is -0.213. The van der Waals surface area contributed by atoms with E-state index in [1.165, 1.54) is 42.5 Å². The van der Waals surface area contributed by atoms with Crippen LogP contribution in [-0.2, 0) is 11.3 Å². The van der Waals surface area contributed by atoms with Crippen LogP contribution in [0.5, 0.6) is 0 Å². The maximum Gasteiger partial charge on any atom is 0.340 e. The molecule has 2 N–H and O–H groups in total. The Morgan fingerprint density at radius 1 is 1.25 bits per heavy atom. The van der Waals surface area contributed by atoms with E-state index in [2.05, 4.69) is 10.1 Å². The van der Waals surface area contributed by atoms with E-state index < -0.39 is 5.97 Å². The highest BCUT2D eigenvalue weighted by Gasteiger charge is 2.15. The molecule has 0 aliphatic heterocycles. The molecule has 24 heavy (non-hydrogen) atoms. The summed E-state index contributed by atoms with van der Waals surface area (Å²) in [7, 11) is 0. The highest BCUT2D eigenvalue weighted by Crippen LogP contribution is 2.20. The number of benzene rings is 2. The van der Waals surface area contributed by atoms with Crippen LogP contribution in [0.2, 0.25) is 5.02 Å². The predicted octanol–water partition coefficient (Wildman–Crippen LogP) is 3.47. The lowest BCUT2D eigenvalue weighted by Gasteiger charge is -2.05. The molecule has 2 aromatic carbocycles. The summed E-state index contributed by atoms with van der Waals surface area (Å²) in [6.07, 6.45) is 0. The minimum Gasteiger partial charge on any atom is -0.452 e. The zero-order chi connectivity index (χ0) is 17.1. The number of hydrogen-bond acceptors (Lipinski definition) is 6. The number of rotatable bonds is 4. The number of hydrogen-bond donors (Lipinski definition) is 1. The van der Waals surface area contributed by atoms with Gasteiger partial charge in [-0.25, -0.2) is 9.18 Å². The molecule has 0 aliphatic carbocycles. The number of nitrogens with two attached hydrogens (primary N) is 1. The molecular weight excluding hydrogens is 337 g/mol. The van der Waals surface area contributed by atoms with Crippen LogP contribution in [-0.4, -0.2) is 16.1 Å². The second kappa shape index (κ2) is 6.67. The summed E-state index contributed by atoms with van der Waals surface area (Å²) in [4.78, 5) is 16.1. The van der Waals surface area contributed by atoms with Crippen LogP contribution < -0.4 is 5.73 Å². The van der Waals surface area contributed by atoms with Crippen molar-refractivity contribution < 1.29 is 18.4 Å². The number of carbonyl (C=O) groups excluding carboxylic acids is 1. The largest absolute Gasteiger partial charge is 0.452 e. The lowest BCUT2D eigenvalue weighted by Crippen LogP contribution is -2.08. The first-order chi connectivity index (χ1) is 11.5. The monoisotopic (exact) mass is 347 g/mol. The van der Waals surface area contributed by atoms with E-state index in [0.29, 0.717) is 10.6 Å². The fraction of sp³-hybridized carbons (Fsp3) is 0.0625. The molecule has 6 nitrogen and oxygen atoms in total. The standard InChI is InChI=1S/C16H11ClFN3O3/c17-10-3-6-12(13(19)7-10)16(22)23-8-14-20-15(21-24-14)9-1-4-11(18)5-2-9/h1-7H,8,19H2. The minimum absolute atomic E-state index is 0.107. The zero-order valence-electron chi connectivity index (χ0n) is 12.2. The number of aromatic nitrogens is 2. The number of nitrogen functional groups attached to an aromatic ring is 1. The molecule has 0 bridgehead atoms. The van der Waals surface area contributed by atoms with Crippen molar-refractivity contribution >= 4 is 23.3 Å². The van der Waals surface area contributed by atoms with E-state index in [4.69, 9.17) is 26.6 Å². The molecule has 0 spiro atoms. The van der Waals surface area contributed by atoms with Gasteiger partial charge in [0.1, 0.15) is 5.82 Å². The van der Waals surface area contributed by atoms with E-state index in [9.17, 15) is 9.18 Å². The molecule has 3 rings (SSSR count). The lowest BCUT2D eigenvalue weighted by molar-refractivity contribution is 0.0431. The first-order valence-corrected chi connectivity index (χ1v) is 7.21. The molecule has 1 heterocycles. The van der Waals surface area contributed by atoms with Crippen LogP contribution in [0.4, 0.5) is 10.1 Å². The van der Waals surface area contributed by atoms with Gasteiger partial charge in [-0.05, 0) is 42.5 Å². The summed E-state index contributed by atoms with van der Waals surface area (Å²) >= 11 is 5.78. The van der Waals surface area contributed by atoms with Crippen LogP contribution >= 0.6 is 11.6 Å². The van der Waals surface area contributed by atoms with Crippen LogP contribution in [0.15, 0.2) is 47.0 Å². The third-order valence-electron chi connectivity index (χ3n) is 3.13. The Hall–Kier alpha value is -2.93. The fourth-order valence-electron chi connectivity index (χ4n) is 1.95. The smallest absolute Gasteiger partial charge is 0.340 e. The van der Waals surface area contributed by atoms with Crippen LogP contribution in [0, 0.1) is 5.82 Å². The van der Waals surface area contributed by atoms with Crippen LogP contribution in [0.1, 0.15) is 16.2 Å². The number of ether oxygens (including phenoxy) is 1. The normalized spacial score (nSPS) is 10.6. The van der Waals surface area contributed by atoms with E-state index in [1.807, 2.05) is 0 Å². The zero-order valence-corrected chi connectivity index (χ0v) is 13.0. The van der Waals surface area contributed by atoms with Gasteiger partial charge in [0.05, 0.1) is 5.56 Å². The number of halogens is 2. The van der Waals surface area contributed by atoms with E-state index >= 15 is 0 Å². The number of carbonyl (C=O) groups is 1. The van der Waals surface area contributed by atoms with Gasteiger partial charge >= 0.3 is 5.97 Å². The second-order valence-corrected chi connectivity index (χ2v) is 5.26. The van der Waals surface area contributed by atoms with Gasteiger partial charge in [0.25, 0.3) is 5.89 Å². The highest BCUT2D eigenvalue weighted by molar-refractivity contribution is 6.31. The van der Waals surface area contributed by atoms with Gasteiger partial charge in [-0.2, -0.15) is 4.98 Å². The molecule has 0 aliphatic rings. The molecular formula is C16H11ClFN3O3. The third kappa shape index (κ3) is 3.52. The summed E-state index contributed by atoms with van der Waals surface area (Å²) in [5.41, 5.74) is 6.70. The average Bonchev–Trinajstić information content (AvgIpc) is 3.02. The molecule has 122 valence electrons. The van der Waals surface area contributed by atoms with Crippen molar-refractivity contribution in [3.63, 3.8) is 0 Å².